The average molecular weight is 528 g/mol. The predicted molar refractivity (Wildman–Crippen MR) is 128 cm³/mol. The molecular formula is C21H33IN6O2. The number of methoxy groups -OCH3 is 1. The summed E-state index contributed by atoms with van der Waals surface area (Å²) in [5.41, 5.74) is 1.13. The highest BCUT2D eigenvalue weighted by Crippen LogP contribution is 2.14. The van der Waals surface area contributed by atoms with Crippen molar-refractivity contribution in [3.63, 3.8) is 0 Å². The minimum atomic E-state index is 0. The first-order valence-corrected chi connectivity index (χ1v) is 10.4. The monoisotopic (exact) mass is 528 g/mol. The smallest absolute Gasteiger partial charge is 0.191 e. The van der Waals surface area contributed by atoms with E-state index in [0.29, 0.717) is 13.1 Å². The minimum absolute atomic E-state index is 0. The molecule has 0 radical (unpaired) electrons. The van der Waals surface area contributed by atoms with Gasteiger partial charge in [0.2, 0.25) is 0 Å². The topological polar surface area (TPSA) is 85.6 Å². The molecule has 0 atom stereocenters. The molecule has 0 unspecified atom stereocenters. The van der Waals surface area contributed by atoms with E-state index in [9.17, 15) is 0 Å². The Morgan fingerprint density at radius 1 is 1.17 bits per heavy atom. The van der Waals surface area contributed by atoms with Crippen LogP contribution >= 0.6 is 24.0 Å². The van der Waals surface area contributed by atoms with Gasteiger partial charge in [0.25, 0.3) is 0 Å². The van der Waals surface area contributed by atoms with Crippen LogP contribution in [0.2, 0.25) is 0 Å². The van der Waals surface area contributed by atoms with Crippen LogP contribution in [0.5, 0.6) is 5.75 Å². The largest absolute Gasteiger partial charge is 0.497 e. The molecule has 0 saturated carbocycles. The molecule has 2 heterocycles. The van der Waals surface area contributed by atoms with E-state index in [1.165, 1.54) is 12.8 Å². The van der Waals surface area contributed by atoms with Crippen LogP contribution in [-0.2, 0) is 30.8 Å². The van der Waals surface area contributed by atoms with Gasteiger partial charge in [-0.1, -0.05) is 12.1 Å². The fourth-order valence-corrected chi connectivity index (χ4v) is 3.26. The minimum Gasteiger partial charge on any atom is -0.497 e. The van der Waals surface area contributed by atoms with Crippen LogP contribution in [0.25, 0.3) is 0 Å². The van der Waals surface area contributed by atoms with Crippen LogP contribution in [-0.4, -0.2) is 47.6 Å². The molecule has 0 bridgehead atoms. The third kappa shape index (κ3) is 7.42. The molecule has 1 aromatic carbocycles. The first kappa shape index (κ1) is 24.4. The number of hydrogen-bond acceptors (Lipinski definition) is 5. The van der Waals surface area contributed by atoms with Crippen molar-refractivity contribution in [3.05, 3.63) is 41.5 Å². The van der Waals surface area contributed by atoms with E-state index in [2.05, 4.69) is 25.4 Å². The average Bonchev–Trinajstić information content (AvgIpc) is 3.18. The predicted octanol–water partition coefficient (Wildman–Crippen LogP) is 2.90. The number of aromatic nitrogens is 3. The van der Waals surface area contributed by atoms with Crippen molar-refractivity contribution in [1.82, 2.24) is 25.4 Å². The first-order valence-electron chi connectivity index (χ1n) is 10.4. The lowest BCUT2D eigenvalue weighted by Gasteiger charge is -2.16. The third-order valence-electron chi connectivity index (χ3n) is 4.89. The Morgan fingerprint density at radius 2 is 2.00 bits per heavy atom. The number of halogens is 1. The number of benzene rings is 1. The van der Waals surface area contributed by atoms with Gasteiger partial charge < -0.3 is 24.7 Å². The quantitative estimate of drug-likeness (QED) is 0.214. The van der Waals surface area contributed by atoms with Gasteiger partial charge in [0.15, 0.2) is 11.8 Å². The van der Waals surface area contributed by atoms with Gasteiger partial charge in [0.05, 0.1) is 20.2 Å². The number of rotatable bonds is 10. The molecule has 0 fully saturated rings. The normalized spacial score (nSPS) is 13.3. The summed E-state index contributed by atoms with van der Waals surface area (Å²) in [5.74, 6) is 3.68. The van der Waals surface area contributed by atoms with Crippen LogP contribution in [0.15, 0.2) is 29.3 Å². The van der Waals surface area contributed by atoms with Crippen LogP contribution in [0.3, 0.4) is 0 Å². The Balaban J connectivity index is 0.00000320. The van der Waals surface area contributed by atoms with Crippen molar-refractivity contribution in [1.29, 1.82) is 0 Å². The van der Waals surface area contributed by atoms with Gasteiger partial charge in [-0.05, 0) is 43.9 Å². The Kier molecular flexibility index (Phi) is 10.9. The molecule has 166 valence electrons. The zero-order chi connectivity index (χ0) is 20.3. The third-order valence-corrected chi connectivity index (χ3v) is 4.89. The highest BCUT2D eigenvalue weighted by atomic mass is 127. The van der Waals surface area contributed by atoms with Gasteiger partial charge >= 0.3 is 0 Å². The number of aliphatic imine (C=N–C) groups is 1. The maximum atomic E-state index is 5.41. The SMILES string of the molecule is CCOCCCNC(=NCc1ccc(OC)cc1)NCc1nnc2n1CCCC2.I. The van der Waals surface area contributed by atoms with Crippen molar-refractivity contribution in [3.8, 4) is 5.75 Å². The number of nitrogens with one attached hydrogen (secondary N) is 2. The standard InChI is InChI=1S/C21H32N6O2.HI/c1-3-29-14-6-12-22-21(23-15-17-8-10-18(28-2)11-9-17)24-16-20-26-25-19-7-4-5-13-27(19)20;/h8-11H,3-7,12-16H2,1-2H3,(H2,22,23,24);1H. The molecule has 30 heavy (non-hydrogen) atoms. The molecular weight excluding hydrogens is 495 g/mol. The molecule has 1 aromatic heterocycles. The molecule has 3 rings (SSSR count). The summed E-state index contributed by atoms with van der Waals surface area (Å²) in [7, 11) is 1.67. The van der Waals surface area contributed by atoms with Gasteiger partial charge in [0, 0.05) is 32.7 Å². The molecule has 0 spiro atoms. The molecule has 0 amide bonds. The number of aryl methyl sites for hydroxylation is 1. The Bertz CT molecular complexity index is 778. The molecule has 2 N–H and O–H groups in total. The van der Waals surface area contributed by atoms with Gasteiger partial charge in [-0.25, -0.2) is 4.99 Å². The van der Waals surface area contributed by atoms with Crippen LogP contribution in [0.1, 0.15) is 43.4 Å². The summed E-state index contributed by atoms with van der Waals surface area (Å²) in [6.07, 6.45) is 4.33. The lowest BCUT2D eigenvalue weighted by Crippen LogP contribution is -2.38. The van der Waals surface area contributed by atoms with Crippen molar-refractivity contribution in [2.24, 2.45) is 4.99 Å². The van der Waals surface area contributed by atoms with Gasteiger partial charge in [-0.2, -0.15) is 0 Å². The van der Waals surface area contributed by atoms with Crippen molar-refractivity contribution in [2.75, 3.05) is 26.9 Å². The summed E-state index contributed by atoms with van der Waals surface area (Å²) in [4.78, 5) is 4.73. The second-order valence-corrected chi connectivity index (χ2v) is 6.98. The summed E-state index contributed by atoms with van der Waals surface area (Å²) in [6.45, 7) is 6.49. The number of fused-ring (bicyclic) bond motifs is 1. The van der Waals surface area contributed by atoms with E-state index in [0.717, 1.165) is 68.1 Å². The van der Waals surface area contributed by atoms with Crippen LogP contribution in [0, 0.1) is 0 Å². The van der Waals surface area contributed by atoms with Crippen molar-refractivity contribution < 1.29 is 9.47 Å². The van der Waals surface area contributed by atoms with E-state index in [-0.39, 0.29) is 24.0 Å². The lowest BCUT2D eigenvalue weighted by atomic mass is 10.2. The van der Waals surface area contributed by atoms with Gasteiger partial charge in [-0.3, -0.25) is 0 Å². The Labute approximate surface area is 195 Å². The van der Waals surface area contributed by atoms with E-state index >= 15 is 0 Å². The molecule has 9 heteroatoms. The van der Waals surface area contributed by atoms with E-state index in [4.69, 9.17) is 14.5 Å². The molecule has 0 aliphatic carbocycles. The highest BCUT2D eigenvalue weighted by molar-refractivity contribution is 14.0. The van der Waals surface area contributed by atoms with Gasteiger partial charge in [0.1, 0.15) is 11.6 Å². The molecule has 0 saturated heterocycles. The van der Waals surface area contributed by atoms with E-state index < -0.39 is 0 Å². The number of ether oxygens (including phenoxy) is 2. The maximum Gasteiger partial charge on any atom is 0.191 e. The van der Waals surface area contributed by atoms with Gasteiger partial charge in [-0.15, -0.1) is 34.2 Å². The highest BCUT2D eigenvalue weighted by Gasteiger charge is 2.15. The van der Waals surface area contributed by atoms with Crippen molar-refractivity contribution in [2.45, 2.75) is 52.2 Å². The van der Waals surface area contributed by atoms with Crippen LogP contribution < -0.4 is 15.4 Å². The maximum absolute atomic E-state index is 5.41. The Morgan fingerprint density at radius 3 is 2.77 bits per heavy atom. The zero-order valence-corrected chi connectivity index (χ0v) is 20.2. The van der Waals surface area contributed by atoms with Crippen molar-refractivity contribution >= 4 is 29.9 Å². The van der Waals surface area contributed by atoms with E-state index in [1.807, 2.05) is 31.2 Å². The Hall–Kier alpha value is -1.88. The number of guanidine groups is 1. The second-order valence-electron chi connectivity index (χ2n) is 6.98. The second kappa shape index (κ2) is 13.4. The van der Waals surface area contributed by atoms with Crippen LogP contribution in [0.4, 0.5) is 0 Å². The molecule has 2 aromatic rings. The molecule has 1 aliphatic heterocycles. The number of nitrogens with zero attached hydrogens (tertiary/aromatic N) is 4. The number of hydrogen-bond donors (Lipinski definition) is 2. The van der Waals surface area contributed by atoms with E-state index in [1.54, 1.807) is 7.11 Å². The summed E-state index contributed by atoms with van der Waals surface area (Å²) >= 11 is 0. The molecule has 1 aliphatic rings. The summed E-state index contributed by atoms with van der Waals surface area (Å²) < 4.78 is 12.9. The fraction of sp³-hybridized carbons (Fsp3) is 0.571. The fourth-order valence-electron chi connectivity index (χ4n) is 3.26. The lowest BCUT2D eigenvalue weighted by molar-refractivity contribution is 0.145. The zero-order valence-electron chi connectivity index (χ0n) is 17.9. The first-order chi connectivity index (χ1) is 14.3. The summed E-state index contributed by atoms with van der Waals surface area (Å²) in [5, 5.41) is 15.5. The summed E-state index contributed by atoms with van der Waals surface area (Å²) in [6, 6.07) is 7.97. The molecule has 8 nitrogen and oxygen atoms in total.